The molecule has 4 heteroatoms. The molecule has 0 spiro atoms. The molecule has 0 N–H and O–H groups in total. The Morgan fingerprint density at radius 3 is 2.59 bits per heavy atom. The summed E-state index contributed by atoms with van der Waals surface area (Å²) in [6, 6.07) is 20.2. The number of hydrogen-bond acceptors (Lipinski definition) is 3. The summed E-state index contributed by atoms with van der Waals surface area (Å²) in [6.07, 6.45) is 6.60. The minimum Gasteiger partial charge on any atom is -0.446 e. The summed E-state index contributed by atoms with van der Waals surface area (Å²) in [4.78, 5) is 15.1. The lowest BCUT2D eigenvalue weighted by atomic mass is 9.75. The van der Waals surface area contributed by atoms with Gasteiger partial charge >= 0.3 is 6.09 Å². The second-order valence-electron chi connectivity index (χ2n) is 9.66. The normalized spacial score (nSPS) is 27.0. The fourth-order valence-electron chi connectivity index (χ4n) is 5.31. The first-order valence-electron chi connectivity index (χ1n) is 11.7. The van der Waals surface area contributed by atoms with E-state index in [1.165, 1.54) is 11.3 Å². The molecule has 4 rings (SSSR count). The predicted molar refractivity (Wildman–Crippen MR) is 126 cm³/mol. The molecule has 1 aliphatic heterocycles. The van der Waals surface area contributed by atoms with Gasteiger partial charge in [-0.05, 0) is 47.8 Å². The minimum absolute atomic E-state index is 0.120. The van der Waals surface area contributed by atoms with Crippen LogP contribution in [0.3, 0.4) is 0 Å². The fourth-order valence-corrected chi connectivity index (χ4v) is 5.31. The van der Waals surface area contributed by atoms with Gasteiger partial charge in [-0.25, -0.2) is 4.79 Å². The van der Waals surface area contributed by atoms with Crippen LogP contribution in [0, 0.1) is 29.1 Å². The maximum Gasteiger partial charge on any atom is 0.415 e. The van der Waals surface area contributed by atoms with Gasteiger partial charge in [0.2, 0.25) is 0 Å². The van der Waals surface area contributed by atoms with Crippen LogP contribution in [0.1, 0.15) is 56.7 Å². The van der Waals surface area contributed by atoms with Gasteiger partial charge in [-0.2, -0.15) is 5.26 Å². The molecule has 4 nitrogen and oxygen atoms in total. The lowest BCUT2D eigenvalue weighted by Crippen LogP contribution is -2.50. The van der Waals surface area contributed by atoms with Crippen molar-refractivity contribution in [3.8, 4) is 6.07 Å². The molecule has 1 aliphatic carbocycles. The Labute approximate surface area is 191 Å². The van der Waals surface area contributed by atoms with Crippen molar-refractivity contribution in [3.63, 3.8) is 0 Å². The van der Waals surface area contributed by atoms with Crippen LogP contribution in [0.4, 0.5) is 4.79 Å². The van der Waals surface area contributed by atoms with Crippen molar-refractivity contribution in [2.75, 3.05) is 0 Å². The van der Waals surface area contributed by atoms with Gasteiger partial charge in [-0.3, -0.25) is 4.90 Å². The van der Waals surface area contributed by atoms with Crippen molar-refractivity contribution < 1.29 is 9.53 Å². The second-order valence-corrected chi connectivity index (χ2v) is 9.66. The largest absolute Gasteiger partial charge is 0.446 e. The number of fused-ring (bicyclic) bond motifs is 1. The van der Waals surface area contributed by atoms with E-state index in [0.717, 1.165) is 29.5 Å². The number of nitriles is 1. The smallest absolute Gasteiger partial charge is 0.415 e. The zero-order valence-electron chi connectivity index (χ0n) is 19.2. The average molecular weight is 429 g/mol. The summed E-state index contributed by atoms with van der Waals surface area (Å²) in [5, 5.41) is 10.5. The summed E-state index contributed by atoms with van der Waals surface area (Å²) in [5.41, 5.74) is 1.64. The first kappa shape index (κ1) is 22.1. The number of hydrogen-bond donors (Lipinski definition) is 0. The van der Waals surface area contributed by atoms with Crippen molar-refractivity contribution in [2.24, 2.45) is 17.8 Å². The maximum atomic E-state index is 13.6. The van der Waals surface area contributed by atoms with E-state index in [-0.39, 0.29) is 6.10 Å². The molecule has 1 heterocycles. The molecular weight excluding hydrogens is 396 g/mol. The standard InChI is InChI=1S/C28H32N2O2/c1-20(2)24-14-13-21(3)17-26(24)32-27(31)30-16-15-23-11-7-8-12-25(23)28(30,19-29)18-22-9-5-4-6-10-22/h4-12,15-16,20-21,24,26H,13-14,17-18H2,1-3H3/t21-,24+,26-,28?/m1/s1. The molecular formula is C28H32N2O2. The van der Waals surface area contributed by atoms with Crippen molar-refractivity contribution in [2.45, 2.75) is 58.1 Å². The fraction of sp³-hybridized carbons (Fsp3) is 0.429. The highest BCUT2D eigenvalue weighted by molar-refractivity contribution is 5.76. The zero-order chi connectivity index (χ0) is 22.7. The number of ether oxygens (including phenoxy) is 1. The van der Waals surface area contributed by atoms with Crippen molar-refractivity contribution in [1.29, 1.82) is 5.26 Å². The number of rotatable bonds is 4. The van der Waals surface area contributed by atoms with Gasteiger partial charge in [-0.15, -0.1) is 0 Å². The van der Waals surface area contributed by atoms with Crippen molar-refractivity contribution in [3.05, 3.63) is 77.5 Å². The van der Waals surface area contributed by atoms with Gasteiger partial charge in [0, 0.05) is 18.2 Å². The number of carbonyl (C=O) groups excluding carboxylic acids is 1. The number of nitrogens with zero attached hydrogens (tertiary/aromatic N) is 2. The van der Waals surface area contributed by atoms with E-state index in [1.54, 1.807) is 6.20 Å². The van der Waals surface area contributed by atoms with Crippen LogP contribution in [0.5, 0.6) is 0 Å². The van der Waals surface area contributed by atoms with Gasteiger partial charge in [0.15, 0.2) is 5.54 Å². The van der Waals surface area contributed by atoms with Gasteiger partial charge in [0.1, 0.15) is 6.10 Å². The predicted octanol–water partition coefficient (Wildman–Crippen LogP) is 6.53. The van der Waals surface area contributed by atoms with Crippen LogP contribution in [-0.2, 0) is 16.7 Å². The second kappa shape index (κ2) is 9.20. The molecule has 2 aliphatic rings. The first-order valence-corrected chi connectivity index (χ1v) is 11.7. The average Bonchev–Trinajstić information content (AvgIpc) is 2.79. The maximum absolute atomic E-state index is 13.6. The van der Waals surface area contributed by atoms with Gasteiger partial charge < -0.3 is 4.74 Å². The van der Waals surface area contributed by atoms with Crippen LogP contribution in [-0.4, -0.2) is 17.1 Å². The molecule has 2 aromatic rings. The lowest BCUT2D eigenvalue weighted by molar-refractivity contribution is -0.0137. The third-order valence-electron chi connectivity index (χ3n) is 7.12. The van der Waals surface area contributed by atoms with Gasteiger partial charge in [-0.1, -0.05) is 81.8 Å². The van der Waals surface area contributed by atoms with Crippen molar-refractivity contribution >= 4 is 12.2 Å². The van der Waals surface area contributed by atoms with Crippen molar-refractivity contribution in [1.82, 2.24) is 4.90 Å². The van der Waals surface area contributed by atoms with E-state index in [4.69, 9.17) is 4.74 Å². The van der Waals surface area contributed by atoms with Crippen LogP contribution in [0.15, 0.2) is 60.8 Å². The molecule has 2 aromatic carbocycles. The molecule has 0 saturated heterocycles. The molecule has 1 saturated carbocycles. The van der Waals surface area contributed by atoms with Crippen LogP contribution >= 0.6 is 0 Å². The summed E-state index contributed by atoms with van der Waals surface area (Å²) in [6.45, 7) is 6.63. The highest BCUT2D eigenvalue weighted by Crippen LogP contribution is 2.41. The molecule has 1 unspecified atom stereocenters. The number of amides is 1. The lowest BCUT2D eigenvalue weighted by Gasteiger charge is -2.42. The Bertz CT molecular complexity index is 1020. The van der Waals surface area contributed by atoms with Gasteiger partial charge in [0.25, 0.3) is 0 Å². The summed E-state index contributed by atoms with van der Waals surface area (Å²) in [7, 11) is 0. The minimum atomic E-state index is -1.16. The molecule has 166 valence electrons. The quantitative estimate of drug-likeness (QED) is 0.556. The highest BCUT2D eigenvalue weighted by Gasteiger charge is 2.46. The molecule has 1 fully saturated rings. The molecule has 0 bridgehead atoms. The molecule has 1 amide bonds. The summed E-state index contributed by atoms with van der Waals surface area (Å²) in [5.74, 6) is 1.33. The first-order chi connectivity index (χ1) is 15.4. The molecule has 0 aromatic heterocycles. The third kappa shape index (κ3) is 4.17. The Morgan fingerprint density at radius 1 is 1.16 bits per heavy atom. The third-order valence-corrected chi connectivity index (χ3v) is 7.12. The molecule has 0 radical (unpaired) electrons. The SMILES string of the molecule is CC(C)[C@@H]1CC[C@@H](C)C[C@H]1OC(=O)N1C=Cc2ccccc2C1(C#N)Cc1ccccc1. The van der Waals surface area contributed by atoms with Crippen LogP contribution < -0.4 is 0 Å². The topological polar surface area (TPSA) is 53.3 Å². The Hall–Kier alpha value is -3.06. The summed E-state index contributed by atoms with van der Waals surface area (Å²) >= 11 is 0. The van der Waals surface area contributed by atoms with E-state index in [2.05, 4.69) is 26.8 Å². The van der Waals surface area contributed by atoms with Crippen LogP contribution in [0.25, 0.3) is 6.08 Å². The Kier molecular flexibility index (Phi) is 6.37. The Morgan fingerprint density at radius 2 is 1.88 bits per heavy atom. The monoisotopic (exact) mass is 428 g/mol. The Balaban J connectivity index is 1.69. The van der Waals surface area contributed by atoms with E-state index in [9.17, 15) is 10.1 Å². The van der Waals surface area contributed by atoms with E-state index < -0.39 is 11.6 Å². The van der Waals surface area contributed by atoms with Crippen LogP contribution in [0.2, 0.25) is 0 Å². The number of carbonyl (C=O) groups is 1. The number of benzene rings is 2. The van der Waals surface area contributed by atoms with E-state index >= 15 is 0 Å². The molecule has 4 atom stereocenters. The highest BCUT2D eigenvalue weighted by atomic mass is 16.6. The zero-order valence-corrected chi connectivity index (χ0v) is 19.2. The van der Waals surface area contributed by atoms with E-state index in [1.807, 2.05) is 60.7 Å². The summed E-state index contributed by atoms with van der Waals surface area (Å²) < 4.78 is 6.17. The molecule has 32 heavy (non-hydrogen) atoms. The van der Waals surface area contributed by atoms with Gasteiger partial charge in [0.05, 0.1) is 6.07 Å². The van der Waals surface area contributed by atoms with E-state index in [0.29, 0.717) is 24.2 Å².